The summed E-state index contributed by atoms with van der Waals surface area (Å²) in [6.07, 6.45) is 0.325. The molecule has 23 heavy (non-hydrogen) atoms. The largest absolute Gasteiger partial charge is 0.478 e. The number of halogens is 2. The molecule has 0 atom stereocenters. The highest BCUT2D eigenvalue weighted by Gasteiger charge is 2.23. The zero-order valence-corrected chi connectivity index (χ0v) is 12.6. The van der Waals surface area contributed by atoms with Gasteiger partial charge in [-0.3, -0.25) is 4.79 Å². The highest BCUT2D eigenvalue weighted by atomic mass is 19.1. The fourth-order valence-electron chi connectivity index (χ4n) is 2.14. The van der Waals surface area contributed by atoms with Crippen LogP contribution in [0.25, 0.3) is 0 Å². The molecule has 1 aromatic carbocycles. The molecule has 1 N–H and O–H groups in total. The van der Waals surface area contributed by atoms with Crippen LogP contribution in [0.4, 0.5) is 8.78 Å². The summed E-state index contributed by atoms with van der Waals surface area (Å²) in [7, 11) is 1.42. The van der Waals surface area contributed by atoms with E-state index in [0.29, 0.717) is 6.42 Å². The summed E-state index contributed by atoms with van der Waals surface area (Å²) in [5.41, 5.74) is 0.0696. The first kappa shape index (κ1) is 16.7. The average molecular weight is 323 g/mol. The predicted octanol–water partition coefficient (Wildman–Crippen LogP) is 3.09. The van der Waals surface area contributed by atoms with Gasteiger partial charge < -0.3 is 14.4 Å². The van der Waals surface area contributed by atoms with Crippen molar-refractivity contribution in [2.24, 2.45) is 0 Å². The number of nitrogens with zero attached hydrogens (tertiary/aromatic N) is 1. The van der Waals surface area contributed by atoms with Gasteiger partial charge in [0, 0.05) is 37.7 Å². The van der Waals surface area contributed by atoms with Crippen molar-refractivity contribution >= 4 is 11.9 Å². The topological polar surface area (TPSA) is 70.8 Å². The van der Waals surface area contributed by atoms with Crippen LogP contribution < -0.4 is 0 Å². The van der Waals surface area contributed by atoms with Gasteiger partial charge >= 0.3 is 5.97 Å². The molecule has 0 aliphatic carbocycles. The Balaban J connectivity index is 2.21. The zero-order valence-electron chi connectivity index (χ0n) is 12.6. The third kappa shape index (κ3) is 3.56. The van der Waals surface area contributed by atoms with Crippen LogP contribution in [0.3, 0.4) is 0 Å². The number of benzene rings is 1. The van der Waals surface area contributed by atoms with Crippen molar-refractivity contribution in [3.63, 3.8) is 0 Å². The minimum atomic E-state index is -1.18. The molecular weight excluding hydrogens is 308 g/mol. The lowest BCUT2D eigenvalue weighted by atomic mass is 10.2. The maximum Gasteiger partial charge on any atom is 0.339 e. The fourth-order valence-corrected chi connectivity index (χ4v) is 2.14. The molecule has 1 amide bonds. The molecular formula is C16H15F2NO4. The highest BCUT2D eigenvalue weighted by molar-refractivity contribution is 5.96. The van der Waals surface area contributed by atoms with Crippen molar-refractivity contribution in [1.82, 2.24) is 4.90 Å². The van der Waals surface area contributed by atoms with Crippen molar-refractivity contribution < 1.29 is 27.9 Å². The molecule has 1 heterocycles. The maximum absolute atomic E-state index is 13.6. The Hall–Kier alpha value is -2.70. The monoisotopic (exact) mass is 323 g/mol. The number of carbonyl (C=O) groups excluding carboxylic acids is 1. The molecule has 0 fully saturated rings. The Labute approximate surface area is 131 Å². The number of carboxylic acid groups (broad SMARTS) is 1. The second kappa shape index (κ2) is 6.60. The van der Waals surface area contributed by atoms with Gasteiger partial charge in [0.15, 0.2) is 5.76 Å². The van der Waals surface area contributed by atoms with Crippen LogP contribution in [-0.2, 0) is 13.0 Å². The summed E-state index contributed by atoms with van der Waals surface area (Å²) < 4.78 is 31.8. The SMILES string of the molecule is CCc1oc(C(=O)N(C)Cc2ccc(F)cc2F)cc1C(=O)O. The minimum Gasteiger partial charge on any atom is -0.478 e. The van der Waals surface area contributed by atoms with Crippen molar-refractivity contribution in [3.05, 3.63) is 58.5 Å². The highest BCUT2D eigenvalue weighted by Crippen LogP contribution is 2.19. The molecule has 0 saturated carbocycles. The second-order valence-electron chi connectivity index (χ2n) is 5.00. The van der Waals surface area contributed by atoms with Crippen LogP contribution in [0.1, 0.15) is 39.2 Å². The van der Waals surface area contributed by atoms with Crippen LogP contribution in [-0.4, -0.2) is 28.9 Å². The average Bonchev–Trinajstić information content (AvgIpc) is 2.93. The van der Waals surface area contributed by atoms with Crippen LogP contribution in [0, 0.1) is 11.6 Å². The molecule has 0 bridgehead atoms. The van der Waals surface area contributed by atoms with E-state index in [1.54, 1.807) is 6.92 Å². The van der Waals surface area contributed by atoms with E-state index in [4.69, 9.17) is 9.52 Å². The minimum absolute atomic E-state index is 0.0720. The van der Waals surface area contributed by atoms with Gasteiger partial charge in [-0.25, -0.2) is 13.6 Å². The van der Waals surface area contributed by atoms with E-state index < -0.39 is 23.5 Å². The second-order valence-corrected chi connectivity index (χ2v) is 5.00. The number of carbonyl (C=O) groups is 2. The summed E-state index contributed by atoms with van der Waals surface area (Å²) in [6.45, 7) is 1.60. The molecule has 0 unspecified atom stereocenters. The number of rotatable bonds is 5. The molecule has 0 spiro atoms. The van der Waals surface area contributed by atoms with Crippen LogP contribution >= 0.6 is 0 Å². The number of amides is 1. The summed E-state index contributed by atoms with van der Waals surface area (Å²) in [5, 5.41) is 9.06. The summed E-state index contributed by atoms with van der Waals surface area (Å²) in [6, 6.07) is 4.23. The fraction of sp³-hybridized carbons (Fsp3) is 0.250. The van der Waals surface area contributed by atoms with E-state index in [2.05, 4.69) is 0 Å². The first-order valence-corrected chi connectivity index (χ1v) is 6.88. The Bertz CT molecular complexity index is 755. The van der Waals surface area contributed by atoms with E-state index in [0.717, 1.165) is 18.2 Å². The molecule has 122 valence electrons. The van der Waals surface area contributed by atoms with Crippen LogP contribution in [0.5, 0.6) is 0 Å². The van der Waals surface area contributed by atoms with E-state index in [-0.39, 0.29) is 29.2 Å². The van der Waals surface area contributed by atoms with E-state index in [1.807, 2.05) is 0 Å². The number of furan rings is 1. The van der Waals surface area contributed by atoms with Gasteiger partial charge in [0.2, 0.25) is 0 Å². The molecule has 2 rings (SSSR count). The standard InChI is InChI=1S/C16H15F2NO4/c1-3-13-11(16(21)22)7-14(23-13)15(20)19(2)8-9-4-5-10(17)6-12(9)18/h4-7H,3,8H2,1-2H3,(H,21,22). The molecule has 2 aromatic rings. The molecule has 0 radical (unpaired) electrons. The Morgan fingerprint density at radius 1 is 1.26 bits per heavy atom. The first-order valence-electron chi connectivity index (χ1n) is 6.88. The van der Waals surface area contributed by atoms with E-state index in [1.165, 1.54) is 18.0 Å². The Morgan fingerprint density at radius 3 is 2.48 bits per heavy atom. The van der Waals surface area contributed by atoms with Gasteiger partial charge in [0.05, 0.1) is 0 Å². The summed E-state index contributed by atoms with van der Waals surface area (Å²) in [5.74, 6) is -3.17. The van der Waals surface area contributed by atoms with Gasteiger partial charge in [0.25, 0.3) is 5.91 Å². The molecule has 5 nitrogen and oxygen atoms in total. The number of carboxylic acids is 1. The van der Waals surface area contributed by atoms with Gasteiger partial charge in [-0.05, 0) is 6.07 Å². The van der Waals surface area contributed by atoms with Crippen molar-refractivity contribution in [1.29, 1.82) is 0 Å². The van der Waals surface area contributed by atoms with Crippen LogP contribution in [0.15, 0.2) is 28.7 Å². The molecule has 1 aromatic heterocycles. The van der Waals surface area contributed by atoms with Gasteiger partial charge in [-0.15, -0.1) is 0 Å². The summed E-state index contributed by atoms with van der Waals surface area (Å²) in [4.78, 5) is 24.5. The normalized spacial score (nSPS) is 10.6. The van der Waals surface area contributed by atoms with Gasteiger partial charge in [-0.1, -0.05) is 13.0 Å². The third-order valence-electron chi connectivity index (χ3n) is 3.34. The van der Waals surface area contributed by atoms with Crippen molar-refractivity contribution in [2.75, 3.05) is 7.05 Å². The zero-order chi connectivity index (χ0) is 17.1. The quantitative estimate of drug-likeness (QED) is 0.918. The molecule has 7 heteroatoms. The third-order valence-corrected chi connectivity index (χ3v) is 3.34. The predicted molar refractivity (Wildman–Crippen MR) is 77.2 cm³/mol. The Morgan fingerprint density at radius 2 is 1.96 bits per heavy atom. The summed E-state index contributed by atoms with van der Waals surface area (Å²) >= 11 is 0. The lowest BCUT2D eigenvalue weighted by Crippen LogP contribution is -2.26. The molecule has 0 aliphatic heterocycles. The number of hydrogen-bond donors (Lipinski definition) is 1. The lowest BCUT2D eigenvalue weighted by Gasteiger charge is -2.16. The van der Waals surface area contributed by atoms with Crippen LogP contribution in [0.2, 0.25) is 0 Å². The Kier molecular flexibility index (Phi) is 4.78. The first-order chi connectivity index (χ1) is 10.8. The van der Waals surface area contributed by atoms with E-state index in [9.17, 15) is 18.4 Å². The van der Waals surface area contributed by atoms with E-state index >= 15 is 0 Å². The lowest BCUT2D eigenvalue weighted by molar-refractivity contribution is 0.0692. The number of aryl methyl sites for hydroxylation is 1. The van der Waals surface area contributed by atoms with Gasteiger partial charge in [-0.2, -0.15) is 0 Å². The smallest absolute Gasteiger partial charge is 0.339 e. The van der Waals surface area contributed by atoms with Gasteiger partial charge in [0.1, 0.15) is 23.0 Å². The number of aromatic carboxylic acids is 1. The molecule has 0 aliphatic rings. The van der Waals surface area contributed by atoms with Crippen molar-refractivity contribution in [2.45, 2.75) is 19.9 Å². The number of hydrogen-bond acceptors (Lipinski definition) is 3. The molecule has 0 saturated heterocycles. The maximum atomic E-state index is 13.6. The van der Waals surface area contributed by atoms with Crippen molar-refractivity contribution in [3.8, 4) is 0 Å².